The van der Waals surface area contributed by atoms with E-state index in [9.17, 15) is 26.0 Å². The highest BCUT2D eigenvalue weighted by atomic mass is 35.5. The van der Waals surface area contributed by atoms with Crippen LogP contribution in [0.1, 0.15) is 6.42 Å². The van der Waals surface area contributed by atoms with Gasteiger partial charge in [-0.3, -0.25) is 9.62 Å². The number of nitrogens with zero attached hydrogens (tertiary/aromatic N) is 3. The number of sulfonamides is 1. The van der Waals surface area contributed by atoms with Crippen LogP contribution < -0.4 is 9.62 Å². The zero-order valence-electron chi connectivity index (χ0n) is 16.1. The van der Waals surface area contributed by atoms with Crippen LogP contribution in [-0.4, -0.2) is 57.7 Å². The van der Waals surface area contributed by atoms with Gasteiger partial charge in [0.2, 0.25) is 5.95 Å². The monoisotopic (exact) mass is 466 g/mol. The van der Waals surface area contributed by atoms with Crippen molar-refractivity contribution in [2.75, 3.05) is 43.5 Å². The van der Waals surface area contributed by atoms with E-state index >= 15 is 0 Å². The van der Waals surface area contributed by atoms with Gasteiger partial charge in [0.25, 0.3) is 10.0 Å². The summed E-state index contributed by atoms with van der Waals surface area (Å²) in [6, 6.07) is 4.07. The molecule has 6 nitrogen and oxygen atoms in total. The zero-order valence-corrected chi connectivity index (χ0v) is 17.7. The average molecular weight is 467 g/mol. The Kier molecular flexibility index (Phi) is 6.17. The van der Waals surface area contributed by atoms with Crippen LogP contribution in [-0.2, 0) is 10.0 Å². The van der Waals surface area contributed by atoms with Crippen molar-refractivity contribution in [2.24, 2.45) is 0 Å². The Morgan fingerprint density at radius 3 is 2.57 bits per heavy atom. The lowest BCUT2D eigenvalue weighted by Gasteiger charge is -2.34. The van der Waals surface area contributed by atoms with Crippen molar-refractivity contribution in [3.8, 4) is 0 Å². The summed E-state index contributed by atoms with van der Waals surface area (Å²) < 4.78 is 83.3. The number of alkyl halides is 1. The van der Waals surface area contributed by atoms with Crippen molar-refractivity contribution < 1.29 is 26.0 Å². The first-order valence-corrected chi connectivity index (χ1v) is 10.7. The fourth-order valence-corrected chi connectivity index (χ4v) is 4.82. The first-order chi connectivity index (χ1) is 14.0. The molecule has 30 heavy (non-hydrogen) atoms. The molecule has 3 rings (SSSR count). The molecule has 0 unspecified atom stereocenters. The normalized spacial score (nSPS) is 19.5. The van der Waals surface area contributed by atoms with Gasteiger partial charge in [0.1, 0.15) is 23.3 Å². The van der Waals surface area contributed by atoms with E-state index in [4.69, 9.17) is 11.6 Å². The Morgan fingerprint density at radius 1 is 1.30 bits per heavy atom. The first-order valence-electron chi connectivity index (χ1n) is 8.82. The number of aromatic nitrogens is 1. The third-order valence-electron chi connectivity index (χ3n) is 5.19. The van der Waals surface area contributed by atoms with Gasteiger partial charge in [0.05, 0.1) is 11.2 Å². The average Bonchev–Trinajstić information content (AvgIpc) is 3.10. The summed E-state index contributed by atoms with van der Waals surface area (Å²) in [5.41, 5.74) is -0.919. The Labute approximate surface area is 176 Å². The second-order valence-corrected chi connectivity index (χ2v) is 9.21. The van der Waals surface area contributed by atoms with Crippen LogP contribution in [0.25, 0.3) is 0 Å². The number of hydrogen-bond donors (Lipinski definition) is 1. The number of hydrogen-bond acceptors (Lipinski definition) is 5. The molecule has 12 heteroatoms. The molecule has 2 heterocycles. The number of likely N-dealkylation sites (N-methyl/N-ethyl adjacent to an activating group) is 1. The number of benzene rings is 1. The minimum absolute atomic E-state index is 0.0772. The molecule has 1 atom stereocenters. The fourth-order valence-electron chi connectivity index (χ4n) is 3.35. The van der Waals surface area contributed by atoms with Crippen LogP contribution in [0.5, 0.6) is 0 Å². The van der Waals surface area contributed by atoms with Crippen molar-refractivity contribution in [3.63, 3.8) is 0 Å². The van der Waals surface area contributed by atoms with E-state index in [0.717, 1.165) is 18.2 Å². The van der Waals surface area contributed by atoms with Crippen molar-refractivity contribution in [3.05, 3.63) is 46.9 Å². The molecule has 2 aromatic rings. The number of nitrogens with one attached hydrogen (secondary N) is 1. The lowest BCUT2D eigenvalue weighted by molar-refractivity contribution is 0.135. The summed E-state index contributed by atoms with van der Waals surface area (Å²) >= 11 is 6.04. The van der Waals surface area contributed by atoms with E-state index in [1.807, 2.05) is 4.72 Å². The fraction of sp³-hybridized carbons (Fsp3) is 0.389. The van der Waals surface area contributed by atoms with Crippen LogP contribution in [0.4, 0.5) is 29.1 Å². The summed E-state index contributed by atoms with van der Waals surface area (Å²) in [5, 5.41) is -0.614. The van der Waals surface area contributed by atoms with Gasteiger partial charge in [-0.2, -0.15) is 4.39 Å². The van der Waals surface area contributed by atoms with Crippen LogP contribution >= 0.6 is 11.6 Å². The molecular weight excluding hydrogens is 448 g/mol. The Morgan fingerprint density at radius 2 is 2.00 bits per heavy atom. The molecule has 0 amide bonds. The molecule has 1 aliphatic heterocycles. The zero-order chi connectivity index (χ0) is 22.3. The molecule has 1 aromatic heterocycles. The lowest BCUT2D eigenvalue weighted by Crippen LogP contribution is -2.48. The van der Waals surface area contributed by atoms with E-state index in [1.165, 1.54) is 11.0 Å². The third kappa shape index (κ3) is 4.06. The molecule has 0 bridgehead atoms. The highest BCUT2D eigenvalue weighted by molar-refractivity contribution is 7.92. The van der Waals surface area contributed by atoms with E-state index in [0.29, 0.717) is 6.42 Å². The summed E-state index contributed by atoms with van der Waals surface area (Å²) in [4.78, 5) is 5.19. The highest BCUT2D eigenvalue weighted by Gasteiger charge is 2.42. The lowest BCUT2D eigenvalue weighted by atomic mass is 9.99. The maximum absolute atomic E-state index is 14.9. The minimum Gasteiger partial charge on any atom is -0.368 e. The summed E-state index contributed by atoms with van der Waals surface area (Å²) in [5.74, 6) is -4.32. The molecule has 164 valence electrons. The van der Waals surface area contributed by atoms with Crippen LogP contribution in [0.3, 0.4) is 0 Å². The standard InChI is InChI=1S/C18H19ClF4N4O2S/c1-26(2)18(9-20)6-7-27(10-18)12-8-11(21)17(16(23)15(12)19)30(28,29)25-14-5-3-4-13(22)24-14/h3-5,8H,6-7,9-10H2,1-2H3,(H,24,25)/t18-/m0/s1. The van der Waals surface area contributed by atoms with E-state index in [1.54, 1.807) is 19.0 Å². The van der Waals surface area contributed by atoms with Crippen LogP contribution in [0.15, 0.2) is 29.2 Å². The van der Waals surface area contributed by atoms with Gasteiger partial charge in [0.15, 0.2) is 10.7 Å². The Balaban J connectivity index is 1.98. The van der Waals surface area contributed by atoms with Gasteiger partial charge >= 0.3 is 0 Å². The van der Waals surface area contributed by atoms with Gasteiger partial charge in [-0.05, 0) is 32.6 Å². The van der Waals surface area contributed by atoms with Crippen molar-refractivity contribution in [1.82, 2.24) is 9.88 Å². The molecular formula is C18H19ClF4N4O2S. The molecule has 1 N–H and O–H groups in total. The van der Waals surface area contributed by atoms with Gasteiger partial charge in [-0.25, -0.2) is 26.6 Å². The molecule has 1 fully saturated rings. The molecule has 0 radical (unpaired) electrons. The van der Waals surface area contributed by atoms with Crippen molar-refractivity contribution in [1.29, 1.82) is 0 Å². The predicted molar refractivity (Wildman–Crippen MR) is 106 cm³/mol. The van der Waals surface area contributed by atoms with Crippen LogP contribution in [0.2, 0.25) is 5.02 Å². The molecule has 0 aliphatic carbocycles. The molecule has 0 saturated carbocycles. The molecule has 1 aliphatic rings. The molecule has 1 aromatic carbocycles. The Hall–Kier alpha value is -2.11. The quantitative estimate of drug-likeness (QED) is 0.401. The van der Waals surface area contributed by atoms with Crippen molar-refractivity contribution >= 4 is 33.1 Å². The van der Waals surface area contributed by atoms with E-state index in [2.05, 4.69) is 4.98 Å². The molecule has 1 saturated heterocycles. The second-order valence-electron chi connectivity index (χ2n) is 7.21. The maximum atomic E-state index is 14.9. The number of rotatable bonds is 6. The van der Waals surface area contributed by atoms with E-state index in [-0.39, 0.29) is 18.8 Å². The van der Waals surface area contributed by atoms with Crippen molar-refractivity contribution in [2.45, 2.75) is 16.9 Å². The summed E-state index contributed by atoms with van der Waals surface area (Å²) in [7, 11) is -1.39. The highest BCUT2D eigenvalue weighted by Crippen LogP contribution is 2.39. The smallest absolute Gasteiger partial charge is 0.268 e. The third-order valence-corrected chi connectivity index (χ3v) is 6.94. The summed E-state index contributed by atoms with van der Waals surface area (Å²) in [6.45, 7) is -0.277. The largest absolute Gasteiger partial charge is 0.368 e. The maximum Gasteiger partial charge on any atom is 0.268 e. The van der Waals surface area contributed by atoms with E-state index < -0.39 is 55.6 Å². The second kappa shape index (κ2) is 8.20. The number of halogens is 5. The predicted octanol–water partition coefficient (Wildman–Crippen LogP) is 3.43. The first kappa shape index (κ1) is 22.6. The van der Waals surface area contributed by atoms with Gasteiger partial charge in [-0.1, -0.05) is 17.7 Å². The number of anilines is 2. The minimum atomic E-state index is -4.80. The SMILES string of the molecule is CN(C)[C@]1(CF)CCN(c2cc(F)c(S(=O)(=O)Nc3cccc(F)n3)c(F)c2Cl)C1. The topological polar surface area (TPSA) is 65.5 Å². The van der Waals surface area contributed by atoms with Gasteiger partial charge in [0, 0.05) is 19.2 Å². The molecule has 0 spiro atoms. The number of pyridine rings is 1. The summed E-state index contributed by atoms with van der Waals surface area (Å²) in [6.07, 6.45) is 0.392. The van der Waals surface area contributed by atoms with Gasteiger partial charge in [-0.15, -0.1) is 0 Å². The Bertz CT molecular complexity index is 1070. The van der Waals surface area contributed by atoms with Gasteiger partial charge < -0.3 is 4.90 Å². The van der Waals surface area contributed by atoms with Crippen LogP contribution in [0, 0.1) is 17.6 Å².